The monoisotopic (exact) mass is 214 g/mol. The predicted octanol–water partition coefficient (Wildman–Crippen LogP) is 0.501. The van der Waals surface area contributed by atoms with E-state index in [0.29, 0.717) is 23.5 Å². The van der Waals surface area contributed by atoms with Crippen LogP contribution in [0.3, 0.4) is 0 Å². The molecule has 0 saturated carbocycles. The largest absolute Gasteiger partial charge is 0.278 e. The van der Waals surface area contributed by atoms with Crippen molar-refractivity contribution < 1.29 is 9.59 Å². The molecule has 2 bridgehead atoms. The number of carbonyl (C=O) groups excluding carboxylic acids is 2. The van der Waals surface area contributed by atoms with Crippen LogP contribution in [0.4, 0.5) is 0 Å². The number of hydrogen-bond acceptors (Lipinski definition) is 2. The zero-order valence-electron chi connectivity index (χ0n) is 8.40. The second-order valence-corrected chi connectivity index (χ2v) is 5.87. The zero-order valence-corrected chi connectivity index (χ0v) is 9.30. The van der Waals surface area contributed by atoms with Gasteiger partial charge in [0.25, 0.3) is 0 Å². The lowest BCUT2D eigenvalue weighted by Crippen LogP contribution is -2.38. The van der Waals surface area contributed by atoms with E-state index in [1.165, 1.54) is 36.4 Å². The molecular formula is C10H16NO2S+. The summed E-state index contributed by atoms with van der Waals surface area (Å²) < 4.78 is 0. The lowest BCUT2D eigenvalue weighted by molar-refractivity contribution is -0.143. The third-order valence-electron chi connectivity index (χ3n) is 2.98. The minimum absolute atomic E-state index is 0.0411. The fourth-order valence-corrected chi connectivity index (χ4v) is 4.04. The van der Waals surface area contributed by atoms with Crippen molar-refractivity contribution in [1.29, 1.82) is 0 Å². The highest BCUT2D eigenvalue weighted by molar-refractivity contribution is 7.80. The topological polar surface area (TPSA) is 37.4 Å². The molecule has 2 aliphatic rings. The molecule has 0 N–H and O–H groups in total. The van der Waals surface area contributed by atoms with E-state index in [1.807, 2.05) is 0 Å². The van der Waals surface area contributed by atoms with E-state index in [-0.39, 0.29) is 11.8 Å². The molecule has 4 heteroatoms. The molecule has 2 rings (SSSR count). The summed E-state index contributed by atoms with van der Waals surface area (Å²) >= 11 is 1.40. The Morgan fingerprint density at radius 1 is 1.43 bits per heavy atom. The Morgan fingerprint density at radius 2 is 2.14 bits per heavy atom. The Bertz CT molecular complexity index is 267. The molecule has 0 aromatic rings. The number of fused-ring (bicyclic) bond motifs is 2. The molecule has 2 aliphatic heterocycles. The van der Waals surface area contributed by atoms with E-state index < -0.39 is 0 Å². The Hall–Kier alpha value is -0.510. The number of nitrogens with zero attached hydrogens (tertiary/aromatic N) is 1. The Balaban J connectivity index is 2.14. The van der Waals surface area contributed by atoms with Crippen LogP contribution in [-0.4, -0.2) is 33.8 Å². The Kier molecular flexibility index (Phi) is 2.81. The maximum atomic E-state index is 11.7. The molecule has 2 heterocycles. The van der Waals surface area contributed by atoms with E-state index in [9.17, 15) is 9.59 Å². The zero-order chi connectivity index (χ0) is 10.1. The highest BCUT2D eigenvalue weighted by Crippen LogP contribution is 2.26. The van der Waals surface area contributed by atoms with Crippen LogP contribution in [0.25, 0.3) is 0 Å². The number of amides is 2. The maximum Gasteiger partial charge on any atom is 0.234 e. The quantitative estimate of drug-likeness (QED) is 0.435. The van der Waals surface area contributed by atoms with Gasteiger partial charge in [0.1, 0.15) is 10.5 Å². The van der Waals surface area contributed by atoms with Crippen molar-refractivity contribution in [3.63, 3.8) is 0 Å². The molecule has 0 aliphatic carbocycles. The third kappa shape index (κ3) is 1.95. The molecule has 2 fully saturated rings. The summed E-state index contributed by atoms with van der Waals surface area (Å²) in [5.74, 6) is -0.0443. The van der Waals surface area contributed by atoms with Crippen LogP contribution in [0, 0.1) is 0 Å². The number of imide groups is 1. The van der Waals surface area contributed by atoms with Gasteiger partial charge in [0.2, 0.25) is 11.8 Å². The smallest absolute Gasteiger partial charge is 0.234 e. The van der Waals surface area contributed by atoms with Crippen LogP contribution in [0.15, 0.2) is 0 Å². The Morgan fingerprint density at radius 3 is 2.86 bits per heavy atom. The van der Waals surface area contributed by atoms with Gasteiger partial charge >= 0.3 is 0 Å². The first-order valence-electron chi connectivity index (χ1n) is 5.17. The highest BCUT2D eigenvalue weighted by Gasteiger charge is 2.39. The van der Waals surface area contributed by atoms with Crippen molar-refractivity contribution in [2.45, 2.75) is 43.1 Å². The van der Waals surface area contributed by atoms with Gasteiger partial charge in [-0.25, -0.2) is 0 Å². The summed E-state index contributed by atoms with van der Waals surface area (Å²) in [7, 11) is 0. The standard InChI is InChI=1S/C10H15NO2S/c1-7(12)11-6-9-4-2-3-8(14-9)5-10(11)13/h8-9H,2-6H2,1H3/p+1. The fraction of sp³-hybridized carbons (Fsp3) is 0.800. The fourth-order valence-electron chi connectivity index (χ4n) is 2.26. The SMILES string of the molecule is CC(=O)N1CC2CCCC(CC1=O)[SH+]2. The molecule has 2 saturated heterocycles. The van der Waals surface area contributed by atoms with Gasteiger partial charge in [0.15, 0.2) is 0 Å². The van der Waals surface area contributed by atoms with Crippen LogP contribution >= 0.6 is 0 Å². The number of hydrogen-bond donors (Lipinski definition) is 0. The third-order valence-corrected chi connectivity index (χ3v) is 4.69. The Labute approximate surface area is 88.2 Å². The molecule has 0 radical (unpaired) electrons. The second kappa shape index (κ2) is 3.93. The molecule has 0 aromatic heterocycles. The van der Waals surface area contributed by atoms with E-state index in [1.54, 1.807) is 0 Å². The predicted molar refractivity (Wildman–Crippen MR) is 57.2 cm³/mol. The van der Waals surface area contributed by atoms with Gasteiger partial charge in [-0.15, -0.1) is 0 Å². The molecule has 14 heavy (non-hydrogen) atoms. The normalized spacial score (nSPS) is 32.6. The van der Waals surface area contributed by atoms with Crippen molar-refractivity contribution in [1.82, 2.24) is 4.90 Å². The summed E-state index contributed by atoms with van der Waals surface area (Å²) in [6.45, 7) is 2.15. The molecule has 2 unspecified atom stereocenters. The number of rotatable bonds is 0. The first-order valence-corrected chi connectivity index (χ1v) is 6.21. The van der Waals surface area contributed by atoms with Gasteiger partial charge in [0, 0.05) is 6.92 Å². The molecular weight excluding hydrogens is 198 g/mol. The highest BCUT2D eigenvalue weighted by atomic mass is 32.2. The van der Waals surface area contributed by atoms with Crippen LogP contribution in [0.5, 0.6) is 0 Å². The van der Waals surface area contributed by atoms with E-state index in [4.69, 9.17) is 0 Å². The van der Waals surface area contributed by atoms with Crippen LogP contribution in [0.1, 0.15) is 32.6 Å². The second-order valence-electron chi connectivity index (χ2n) is 4.12. The number of thiol groups is 1. The van der Waals surface area contributed by atoms with E-state index in [2.05, 4.69) is 0 Å². The van der Waals surface area contributed by atoms with Gasteiger partial charge < -0.3 is 0 Å². The van der Waals surface area contributed by atoms with Crippen LogP contribution < -0.4 is 0 Å². The van der Waals surface area contributed by atoms with Crippen molar-refractivity contribution in [2.24, 2.45) is 0 Å². The molecule has 2 amide bonds. The molecule has 2 atom stereocenters. The van der Waals surface area contributed by atoms with Gasteiger partial charge in [-0.2, -0.15) is 0 Å². The summed E-state index contributed by atoms with van der Waals surface area (Å²) in [5.41, 5.74) is 0. The summed E-state index contributed by atoms with van der Waals surface area (Å²) in [4.78, 5) is 24.4. The molecule has 0 spiro atoms. The average molecular weight is 214 g/mol. The first-order chi connectivity index (χ1) is 6.66. The average Bonchev–Trinajstić information content (AvgIpc) is 2.23. The van der Waals surface area contributed by atoms with Crippen molar-refractivity contribution in [2.75, 3.05) is 6.54 Å². The van der Waals surface area contributed by atoms with Gasteiger partial charge in [-0.1, -0.05) is 0 Å². The molecule has 78 valence electrons. The van der Waals surface area contributed by atoms with E-state index >= 15 is 0 Å². The number of carbonyl (C=O) groups is 2. The van der Waals surface area contributed by atoms with Crippen LogP contribution in [-0.2, 0) is 21.4 Å². The minimum Gasteiger partial charge on any atom is -0.278 e. The lowest BCUT2D eigenvalue weighted by Gasteiger charge is -2.19. The lowest BCUT2D eigenvalue weighted by atomic mass is 10.1. The van der Waals surface area contributed by atoms with Crippen molar-refractivity contribution in [3.05, 3.63) is 0 Å². The summed E-state index contributed by atoms with van der Waals surface area (Å²) in [6.07, 6.45) is 4.14. The first kappa shape index (κ1) is 10.0. The minimum atomic E-state index is -0.0854. The van der Waals surface area contributed by atoms with Gasteiger partial charge in [-0.05, 0) is 31.0 Å². The van der Waals surface area contributed by atoms with Crippen molar-refractivity contribution in [3.8, 4) is 0 Å². The van der Waals surface area contributed by atoms with Gasteiger partial charge in [-0.3, -0.25) is 14.5 Å². The van der Waals surface area contributed by atoms with Crippen LogP contribution in [0.2, 0.25) is 0 Å². The van der Waals surface area contributed by atoms with E-state index in [0.717, 1.165) is 6.42 Å². The van der Waals surface area contributed by atoms with Gasteiger partial charge in [0.05, 0.1) is 13.0 Å². The molecule has 3 nitrogen and oxygen atoms in total. The summed E-state index contributed by atoms with van der Waals surface area (Å²) in [6, 6.07) is 0. The maximum absolute atomic E-state index is 11.7. The van der Waals surface area contributed by atoms with Crippen molar-refractivity contribution >= 4 is 23.6 Å². The summed E-state index contributed by atoms with van der Waals surface area (Å²) in [5, 5.41) is 1.06. The molecule has 0 aromatic carbocycles.